The molecule has 1 heterocycles. The standard InChI is InChI=1S/C13H26N2O2/c1-3-5-7-11(6-4-2)15-13(16)12-10-14-8-9-17-12/h11-12,14H,3-10H2,1-2H3,(H,15,16). The van der Waals surface area contributed by atoms with E-state index >= 15 is 0 Å². The summed E-state index contributed by atoms with van der Waals surface area (Å²) in [6.07, 6.45) is 5.30. The highest BCUT2D eigenvalue weighted by molar-refractivity contribution is 5.81. The van der Waals surface area contributed by atoms with Gasteiger partial charge in [0, 0.05) is 19.1 Å². The smallest absolute Gasteiger partial charge is 0.250 e. The van der Waals surface area contributed by atoms with Gasteiger partial charge in [0.05, 0.1) is 6.61 Å². The highest BCUT2D eigenvalue weighted by Crippen LogP contribution is 2.08. The molecule has 2 atom stereocenters. The predicted octanol–water partition coefficient (Wildman–Crippen LogP) is 1.45. The molecule has 1 rings (SSSR count). The van der Waals surface area contributed by atoms with Gasteiger partial charge in [0.2, 0.25) is 0 Å². The van der Waals surface area contributed by atoms with Crippen LogP contribution in [0.5, 0.6) is 0 Å². The summed E-state index contributed by atoms with van der Waals surface area (Å²) in [6, 6.07) is 0.318. The monoisotopic (exact) mass is 242 g/mol. The Morgan fingerprint density at radius 2 is 2.24 bits per heavy atom. The molecule has 1 amide bonds. The first kappa shape index (κ1) is 14.5. The quantitative estimate of drug-likeness (QED) is 0.710. The summed E-state index contributed by atoms with van der Waals surface area (Å²) in [5.74, 6) is 0.0479. The van der Waals surface area contributed by atoms with Crippen molar-refractivity contribution in [2.24, 2.45) is 0 Å². The number of carbonyl (C=O) groups is 1. The number of rotatable bonds is 7. The second-order valence-electron chi connectivity index (χ2n) is 4.70. The van der Waals surface area contributed by atoms with Crippen molar-refractivity contribution in [2.75, 3.05) is 19.7 Å². The second kappa shape index (κ2) is 8.48. The maximum Gasteiger partial charge on any atom is 0.250 e. The molecule has 4 nitrogen and oxygen atoms in total. The van der Waals surface area contributed by atoms with Gasteiger partial charge < -0.3 is 15.4 Å². The Morgan fingerprint density at radius 1 is 1.41 bits per heavy atom. The number of nitrogens with one attached hydrogen (secondary N) is 2. The van der Waals surface area contributed by atoms with Gasteiger partial charge in [0.15, 0.2) is 0 Å². The third-order valence-corrected chi connectivity index (χ3v) is 3.11. The van der Waals surface area contributed by atoms with Crippen molar-refractivity contribution in [3.63, 3.8) is 0 Å². The van der Waals surface area contributed by atoms with Crippen LogP contribution < -0.4 is 10.6 Å². The van der Waals surface area contributed by atoms with E-state index in [-0.39, 0.29) is 12.0 Å². The zero-order chi connectivity index (χ0) is 12.5. The fourth-order valence-corrected chi connectivity index (χ4v) is 2.12. The van der Waals surface area contributed by atoms with Crippen LogP contribution >= 0.6 is 0 Å². The number of hydrogen-bond donors (Lipinski definition) is 2. The lowest BCUT2D eigenvalue weighted by molar-refractivity contribution is -0.135. The molecular weight excluding hydrogens is 216 g/mol. The molecule has 100 valence electrons. The van der Waals surface area contributed by atoms with Gasteiger partial charge in [0.25, 0.3) is 5.91 Å². The Hall–Kier alpha value is -0.610. The van der Waals surface area contributed by atoms with E-state index in [0.717, 1.165) is 25.8 Å². The molecule has 2 unspecified atom stereocenters. The van der Waals surface area contributed by atoms with Crippen molar-refractivity contribution in [1.29, 1.82) is 0 Å². The van der Waals surface area contributed by atoms with Gasteiger partial charge in [-0.2, -0.15) is 0 Å². The van der Waals surface area contributed by atoms with E-state index in [9.17, 15) is 4.79 Å². The summed E-state index contributed by atoms with van der Waals surface area (Å²) in [4.78, 5) is 12.0. The molecule has 0 aromatic carbocycles. The minimum absolute atomic E-state index is 0.0479. The van der Waals surface area contributed by atoms with Crippen LogP contribution in [0.1, 0.15) is 46.0 Å². The molecule has 17 heavy (non-hydrogen) atoms. The summed E-state index contributed by atoms with van der Waals surface area (Å²) < 4.78 is 5.45. The molecule has 0 radical (unpaired) electrons. The van der Waals surface area contributed by atoms with Crippen molar-refractivity contribution in [2.45, 2.75) is 58.1 Å². The Labute approximate surface area is 104 Å². The maximum atomic E-state index is 12.0. The van der Waals surface area contributed by atoms with Crippen LogP contribution in [0.25, 0.3) is 0 Å². The van der Waals surface area contributed by atoms with Gasteiger partial charge in [-0.05, 0) is 12.8 Å². The molecule has 0 aliphatic carbocycles. The van der Waals surface area contributed by atoms with E-state index < -0.39 is 0 Å². The SMILES string of the molecule is CCCCC(CCC)NC(=O)C1CNCCO1. The third kappa shape index (κ3) is 5.50. The molecule has 0 bridgehead atoms. The van der Waals surface area contributed by atoms with E-state index in [1.165, 1.54) is 12.8 Å². The summed E-state index contributed by atoms with van der Waals surface area (Å²) in [6.45, 7) is 6.45. The van der Waals surface area contributed by atoms with E-state index in [1.54, 1.807) is 0 Å². The van der Waals surface area contributed by atoms with Gasteiger partial charge in [-0.1, -0.05) is 33.1 Å². The Morgan fingerprint density at radius 3 is 2.82 bits per heavy atom. The zero-order valence-electron chi connectivity index (χ0n) is 11.1. The van der Waals surface area contributed by atoms with Crippen molar-refractivity contribution >= 4 is 5.91 Å². The topological polar surface area (TPSA) is 50.4 Å². The molecule has 2 N–H and O–H groups in total. The number of carbonyl (C=O) groups excluding carboxylic acids is 1. The van der Waals surface area contributed by atoms with Gasteiger partial charge in [-0.15, -0.1) is 0 Å². The molecule has 1 saturated heterocycles. The summed E-state index contributed by atoms with van der Waals surface area (Å²) in [5, 5.41) is 6.30. The lowest BCUT2D eigenvalue weighted by Crippen LogP contribution is -2.50. The van der Waals surface area contributed by atoms with Gasteiger partial charge in [-0.3, -0.25) is 4.79 Å². The molecule has 0 aromatic rings. The van der Waals surface area contributed by atoms with E-state index in [0.29, 0.717) is 19.2 Å². The molecule has 1 aliphatic heterocycles. The first-order chi connectivity index (χ1) is 8.27. The summed E-state index contributed by atoms with van der Waals surface area (Å²) in [5.41, 5.74) is 0. The van der Waals surface area contributed by atoms with Crippen LogP contribution in [0, 0.1) is 0 Å². The summed E-state index contributed by atoms with van der Waals surface area (Å²) in [7, 11) is 0. The minimum atomic E-state index is -0.301. The Balaban J connectivity index is 2.33. The van der Waals surface area contributed by atoms with Crippen LogP contribution in [0.15, 0.2) is 0 Å². The lowest BCUT2D eigenvalue weighted by Gasteiger charge is -2.25. The van der Waals surface area contributed by atoms with Crippen LogP contribution in [0.3, 0.4) is 0 Å². The number of ether oxygens (including phenoxy) is 1. The number of amides is 1. The zero-order valence-corrected chi connectivity index (χ0v) is 11.1. The van der Waals surface area contributed by atoms with Crippen molar-refractivity contribution in [3.8, 4) is 0 Å². The molecule has 0 aromatic heterocycles. The molecule has 4 heteroatoms. The van der Waals surface area contributed by atoms with Crippen LogP contribution in [0.4, 0.5) is 0 Å². The maximum absolute atomic E-state index is 12.0. The van der Waals surface area contributed by atoms with Crippen molar-refractivity contribution < 1.29 is 9.53 Å². The number of hydrogen-bond acceptors (Lipinski definition) is 3. The molecule has 0 spiro atoms. The molecule has 0 saturated carbocycles. The molecule has 1 fully saturated rings. The normalized spacial score (nSPS) is 22.1. The van der Waals surface area contributed by atoms with Gasteiger partial charge in [0.1, 0.15) is 6.10 Å². The Kier molecular flexibility index (Phi) is 7.21. The largest absolute Gasteiger partial charge is 0.366 e. The number of morpholine rings is 1. The van der Waals surface area contributed by atoms with Crippen LogP contribution in [-0.4, -0.2) is 37.7 Å². The Bertz CT molecular complexity index is 215. The second-order valence-corrected chi connectivity index (χ2v) is 4.70. The fourth-order valence-electron chi connectivity index (χ4n) is 2.12. The third-order valence-electron chi connectivity index (χ3n) is 3.11. The van der Waals surface area contributed by atoms with E-state index in [4.69, 9.17) is 4.74 Å². The van der Waals surface area contributed by atoms with Crippen molar-refractivity contribution in [3.05, 3.63) is 0 Å². The van der Waals surface area contributed by atoms with E-state index in [1.807, 2.05) is 0 Å². The lowest BCUT2D eigenvalue weighted by atomic mass is 10.0. The molecular formula is C13H26N2O2. The first-order valence-corrected chi connectivity index (χ1v) is 6.90. The first-order valence-electron chi connectivity index (χ1n) is 6.90. The van der Waals surface area contributed by atoms with Gasteiger partial charge >= 0.3 is 0 Å². The van der Waals surface area contributed by atoms with Crippen LogP contribution in [0.2, 0.25) is 0 Å². The van der Waals surface area contributed by atoms with Crippen LogP contribution in [-0.2, 0) is 9.53 Å². The molecule has 1 aliphatic rings. The number of unbranched alkanes of at least 4 members (excludes halogenated alkanes) is 1. The average Bonchev–Trinajstić information content (AvgIpc) is 2.37. The highest BCUT2D eigenvalue weighted by atomic mass is 16.5. The van der Waals surface area contributed by atoms with Gasteiger partial charge in [-0.25, -0.2) is 0 Å². The highest BCUT2D eigenvalue weighted by Gasteiger charge is 2.23. The summed E-state index contributed by atoms with van der Waals surface area (Å²) >= 11 is 0. The predicted molar refractivity (Wildman–Crippen MR) is 69.0 cm³/mol. The van der Waals surface area contributed by atoms with Crippen molar-refractivity contribution in [1.82, 2.24) is 10.6 Å². The average molecular weight is 242 g/mol. The minimum Gasteiger partial charge on any atom is -0.366 e. The fraction of sp³-hybridized carbons (Fsp3) is 0.923. The van der Waals surface area contributed by atoms with E-state index in [2.05, 4.69) is 24.5 Å².